The number of unbranched alkanes of at least 4 members (excludes halogenated alkanes) is 4. The van der Waals surface area contributed by atoms with Crippen molar-refractivity contribution in [2.75, 3.05) is 6.61 Å². The lowest BCUT2D eigenvalue weighted by Gasteiger charge is -2.05. The van der Waals surface area contributed by atoms with Crippen molar-refractivity contribution in [3.8, 4) is 0 Å². The fourth-order valence-corrected chi connectivity index (χ4v) is 0.998. The molecule has 12 heavy (non-hydrogen) atoms. The van der Waals surface area contributed by atoms with Crippen LogP contribution in [0.15, 0.2) is 12.7 Å². The predicted octanol–water partition coefficient (Wildman–Crippen LogP) is 2.48. The van der Waals surface area contributed by atoms with Gasteiger partial charge >= 0.3 is 0 Å². The highest BCUT2D eigenvalue weighted by Gasteiger charge is 1.93. The third-order valence-electron chi connectivity index (χ3n) is 1.66. The molecule has 0 rings (SSSR count). The lowest BCUT2D eigenvalue weighted by Crippen LogP contribution is -2.06. The Morgan fingerprint density at radius 2 is 2.00 bits per heavy atom. The van der Waals surface area contributed by atoms with Crippen LogP contribution in [0.25, 0.3) is 0 Å². The fourth-order valence-electron chi connectivity index (χ4n) is 0.998. The predicted molar refractivity (Wildman–Crippen MR) is 50.9 cm³/mol. The maximum absolute atomic E-state index is 8.76. The van der Waals surface area contributed by atoms with E-state index in [-0.39, 0.29) is 0 Å². The minimum absolute atomic E-state index is 0.613. The topological polar surface area (TPSA) is 29.5 Å². The number of hydrogen-bond acceptors (Lipinski definition) is 2. The van der Waals surface area contributed by atoms with Crippen molar-refractivity contribution < 1.29 is 9.84 Å². The second kappa shape index (κ2) is 8.75. The van der Waals surface area contributed by atoms with Gasteiger partial charge in [0, 0.05) is 6.61 Å². The molecule has 72 valence electrons. The molecule has 2 nitrogen and oxygen atoms in total. The average Bonchev–Trinajstić information content (AvgIpc) is 2.02. The summed E-state index contributed by atoms with van der Waals surface area (Å²) < 4.78 is 4.98. The summed E-state index contributed by atoms with van der Waals surface area (Å²) in [6, 6.07) is 0. The van der Waals surface area contributed by atoms with Crippen LogP contribution in [0.3, 0.4) is 0 Å². The van der Waals surface area contributed by atoms with Gasteiger partial charge in [-0.25, -0.2) is 0 Å². The van der Waals surface area contributed by atoms with Gasteiger partial charge in [-0.15, -0.1) is 6.58 Å². The van der Waals surface area contributed by atoms with Gasteiger partial charge in [0.25, 0.3) is 0 Å². The molecule has 0 aliphatic heterocycles. The van der Waals surface area contributed by atoms with E-state index in [4.69, 9.17) is 9.84 Å². The Morgan fingerprint density at radius 1 is 1.33 bits per heavy atom. The van der Waals surface area contributed by atoms with Gasteiger partial charge < -0.3 is 9.84 Å². The van der Waals surface area contributed by atoms with Crippen LogP contribution < -0.4 is 0 Å². The minimum Gasteiger partial charge on any atom is -0.368 e. The zero-order chi connectivity index (χ0) is 9.23. The third-order valence-corrected chi connectivity index (χ3v) is 1.66. The van der Waals surface area contributed by atoms with Gasteiger partial charge in [0.1, 0.15) is 0 Å². The molecule has 0 amide bonds. The summed E-state index contributed by atoms with van der Waals surface area (Å²) >= 11 is 0. The molecule has 2 heteroatoms. The molecule has 0 aromatic rings. The molecule has 1 unspecified atom stereocenters. The SMILES string of the molecule is C=CCCCCCCOC(C)O. The number of aliphatic hydroxyl groups excluding tert-OH is 1. The summed E-state index contributed by atoms with van der Waals surface area (Å²) in [5.74, 6) is 0. The largest absolute Gasteiger partial charge is 0.368 e. The molecular formula is C10H20O2. The highest BCUT2D eigenvalue weighted by Crippen LogP contribution is 2.03. The second-order valence-corrected chi connectivity index (χ2v) is 2.96. The molecule has 0 spiro atoms. The van der Waals surface area contributed by atoms with Gasteiger partial charge in [0.2, 0.25) is 0 Å². The van der Waals surface area contributed by atoms with Crippen molar-refractivity contribution in [3.63, 3.8) is 0 Å². The van der Waals surface area contributed by atoms with E-state index >= 15 is 0 Å². The van der Waals surface area contributed by atoms with Crippen LogP contribution >= 0.6 is 0 Å². The maximum atomic E-state index is 8.76. The smallest absolute Gasteiger partial charge is 0.151 e. The first-order chi connectivity index (χ1) is 5.77. The molecule has 0 fully saturated rings. The van der Waals surface area contributed by atoms with Gasteiger partial charge in [-0.1, -0.05) is 18.9 Å². The van der Waals surface area contributed by atoms with Crippen molar-refractivity contribution in [2.45, 2.75) is 45.3 Å². The highest BCUT2D eigenvalue weighted by molar-refractivity contribution is 4.65. The Labute approximate surface area is 75.2 Å². The van der Waals surface area contributed by atoms with Crippen molar-refractivity contribution in [3.05, 3.63) is 12.7 Å². The fraction of sp³-hybridized carbons (Fsp3) is 0.800. The Hall–Kier alpha value is -0.340. The molecule has 0 bridgehead atoms. The lowest BCUT2D eigenvalue weighted by atomic mass is 10.1. The van der Waals surface area contributed by atoms with E-state index in [0.717, 1.165) is 12.8 Å². The van der Waals surface area contributed by atoms with Crippen molar-refractivity contribution >= 4 is 0 Å². The van der Waals surface area contributed by atoms with Gasteiger partial charge in [-0.05, 0) is 26.2 Å². The summed E-state index contributed by atoms with van der Waals surface area (Å²) in [7, 11) is 0. The Balaban J connectivity index is 2.86. The molecule has 0 aliphatic carbocycles. The quantitative estimate of drug-likeness (QED) is 0.346. The maximum Gasteiger partial charge on any atom is 0.151 e. The highest BCUT2D eigenvalue weighted by atomic mass is 16.6. The zero-order valence-electron chi connectivity index (χ0n) is 7.96. The first-order valence-electron chi connectivity index (χ1n) is 4.68. The first-order valence-corrected chi connectivity index (χ1v) is 4.68. The van der Waals surface area contributed by atoms with E-state index in [1.54, 1.807) is 6.92 Å². The molecule has 1 N–H and O–H groups in total. The Morgan fingerprint density at radius 3 is 2.58 bits per heavy atom. The van der Waals surface area contributed by atoms with Crippen LogP contribution in [0.1, 0.15) is 39.0 Å². The van der Waals surface area contributed by atoms with Crippen LogP contribution in [0.2, 0.25) is 0 Å². The molecular weight excluding hydrogens is 152 g/mol. The number of hydrogen-bond donors (Lipinski definition) is 1. The summed E-state index contributed by atoms with van der Waals surface area (Å²) in [5, 5.41) is 8.76. The van der Waals surface area contributed by atoms with Crippen LogP contribution in [0.5, 0.6) is 0 Å². The van der Waals surface area contributed by atoms with Gasteiger partial charge in [0.15, 0.2) is 6.29 Å². The van der Waals surface area contributed by atoms with Gasteiger partial charge in [-0.2, -0.15) is 0 Å². The van der Waals surface area contributed by atoms with Gasteiger partial charge in [0.05, 0.1) is 0 Å². The lowest BCUT2D eigenvalue weighted by molar-refractivity contribution is -0.0859. The third kappa shape index (κ3) is 9.66. The van der Waals surface area contributed by atoms with E-state index in [2.05, 4.69) is 6.58 Å². The standard InChI is InChI=1S/C10H20O2/c1-3-4-5-6-7-8-9-12-10(2)11/h3,10-11H,1,4-9H2,2H3. The Bertz CT molecular complexity index is 100. The second-order valence-electron chi connectivity index (χ2n) is 2.96. The molecule has 0 aliphatic rings. The van der Waals surface area contributed by atoms with Gasteiger partial charge in [-0.3, -0.25) is 0 Å². The monoisotopic (exact) mass is 172 g/mol. The van der Waals surface area contributed by atoms with E-state index < -0.39 is 6.29 Å². The van der Waals surface area contributed by atoms with Crippen LogP contribution in [-0.2, 0) is 4.74 Å². The van der Waals surface area contributed by atoms with Crippen LogP contribution in [0, 0.1) is 0 Å². The van der Waals surface area contributed by atoms with E-state index in [9.17, 15) is 0 Å². The number of allylic oxidation sites excluding steroid dienone is 1. The molecule has 0 radical (unpaired) electrons. The molecule has 1 atom stereocenters. The number of rotatable bonds is 8. The number of aliphatic hydroxyl groups is 1. The molecule has 0 aromatic heterocycles. The van der Waals surface area contributed by atoms with E-state index in [1.165, 1.54) is 19.3 Å². The van der Waals surface area contributed by atoms with Crippen molar-refractivity contribution in [1.29, 1.82) is 0 Å². The normalized spacial score (nSPS) is 12.8. The molecule has 0 aromatic carbocycles. The van der Waals surface area contributed by atoms with Crippen LogP contribution in [0.4, 0.5) is 0 Å². The summed E-state index contributed by atoms with van der Waals surface area (Å²) in [4.78, 5) is 0. The molecule has 0 saturated heterocycles. The molecule has 0 saturated carbocycles. The van der Waals surface area contributed by atoms with Crippen LogP contribution in [-0.4, -0.2) is 18.0 Å². The van der Waals surface area contributed by atoms with E-state index in [1.807, 2.05) is 6.08 Å². The zero-order valence-corrected chi connectivity index (χ0v) is 7.96. The number of ether oxygens (including phenoxy) is 1. The summed E-state index contributed by atoms with van der Waals surface area (Å²) in [5.41, 5.74) is 0. The Kier molecular flexibility index (Phi) is 8.51. The average molecular weight is 172 g/mol. The minimum atomic E-state index is -0.613. The van der Waals surface area contributed by atoms with Crippen molar-refractivity contribution in [1.82, 2.24) is 0 Å². The van der Waals surface area contributed by atoms with E-state index in [0.29, 0.717) is 6.61 Å². The summed E-state index contributed by atoms with van der Waals surface area (Å²) in [6.07, 6.45) is 7.12. The molecule has 0 heterocycles. The summed E-state index contributed by atoms with van der Waals surface area (Å²) in [6.45, 7) is 5.97. The van der Waals surface area contributed by atoms with Crippen molar-refractivity contribution in [2.24, 2.45) is 0 Å². The first kappa shape index (κ1) is 11.7.